The predicted molar refractivity (Wildman–Crippen MR) is 208 cm³/mol. The van der Waals surface area contributed by atoms with Gasteiger partial charge in [0.15, 0.2) is 0 Å². The van der Waals surface area contributed by atoms with Gasteiger partial charge in [-0.15, -0.1) is 24.0 Å². The molecular formula is C34H58I3LiN2. The molecule has 2 aliphatic heterocycles. The fourth-order valence-electron chi connectivity index (χ4n) is 3.95. The van der Waals surface area contributed by atoms with Gasteiger partial charge in [-0.05, 0) is 95.3 Å². The molecule has 0 radical (unpaired) electrons. The van der Waals surface area contributed by atoms with Crippen molar-refractivity contribution in [1.29, 1.82) is 0 Å². The molecular weight excluding hydrogens is 824 g/mol. The molecule has 0 bridgehead atoms. The standard InChI is InChI=1S/C8H10.C8H8.2C7H15N.C4H9.I2.HI.Li/c2*1-2-8-6-4-3-5-7-8;2*1-2-5-8-6-3-4-7-8;1-3-4-2;1-2;;/h3-7H,2H2,1H3;2-7H,1H2;2*2-7H2,1H3;1,3-4H2,2H3;;1H;/q;;;;-1;;;+1. The van der Waals surface area contributed by atoms with Crippen LogP contribution in [0.25, 0.3) is 6.08 Å². The van der Waals surface area contributed by atoms with Crippen LogP contribution in [-0.2, 0) is 6.42 Å². The quantitative estimate of drug-likeness (QED) is 0.156. The minimum atomic E-state index is 0. The third-order valence-electron chi connectivity index (χ3n) is 6.12. The molecule has 0 unspecified atom stereocenters. The van der Waals surface area contributed by atoms with E-state index in [1.54, 1.807) is 0 Å². The minimum Gasteiger partial charge on any atom is -0.343 e. The Morgan fingerprint density at radius 2 is 1.05 bits per heavy atom. The maximum atomic E-state index is 3.63. The van der Waals surface area contributed by atoms with Crippen molar-refractivity contribution in [3.05, 3.63) is 85.3 Å². The van der Waals surface area contributed by atoms with E-state index in [1.807, 2.05) is 42.5 Å². The van der Waals surface area contributed by atoms with Crippen molar-refractivity contribution in [2.24, 2.45) is 0 Å². The van der Waals surface area contributed by atoms with Crippen LogP contribution in [0.1, 0.15) is 90.2 Å². The van der Waals surface area contributed by atoms with Crippen LogP contribution in [0, 0.1) is 6.92 Å². The number of halogens is 3. The van der Waals surface area contributed by atoms with E-state index >= 15 is 0 Å². The van der Waals surface area contributed by atoms with Gasteiger partial charge < -0.3 is 16.7 Å². The molecule has 2 saturated heterocycles. The van der Waals surface area contributed by atoms with E-state index in [-0.39, 0.29) is 42.8 Å². The van der Waals surface area contributed by atoms with Gasteiger partial charge in [0.2, 0.25) is 0 Å². The summed E-state index contributed by atoms with van der Waals surface area (Å²) in [5.41, 5.74) is 2.58. The van der Waals surface area contributed by atoms with Gasteiger partial charge in [-0.2, -0.15) is 6.42 Å². The third-order valence-corrected chi connectivity index (χ3v) is 6.12. The molecule has 226 valence electrons. The average molecular weight is 883 g/mol. The van der Waals surface area contributed by atoms with Crippen LogP contribution in [0.2, 0.25) is 0 Å². The number of hydrogen-bond donors (Lipinski definition) is 0. The molecule has 2 aromatic carbocycles. The van der Waals surface area contributed by atoms with Gasteiger partial charge >= 0.3 is 18.9 Å². The zero-order valence-electron chi connectivity index (χ0n) is 26.4. The average Bonchev–Trinajstić information content (AvgIpc) is 3.72. The molecule has 0 N–H and O–H groups in total. The molecule has 40 heavy (non-hydrogen) atoms. The minimum absolute atomic E-state index is 0. The van der Waals surface area contributed by atoms with Crippen LogP contribution < -0.4 is 18.9 Å². The van der Waals surface area contributed by atoms with E-state index in [2.05, 4.69) is 112 Å². The van der Waals surface area contributed by atoms with E-state index in [0.717, 1.165) is 12.8 Å². The normalized spacial score (nSPS) is 13.3. The van der Waals surface area contributed by atoms with Gasteiger partial charge in [0.25, 0.3) is 0 Å². The van der Waals surface area contributed by atoms with E-state index < -0.39 is 0 Å². The Morgan fingerprint density at radius 1 is 0.700 bits per heavy atom. The Morgan fingerprint density at radius 3 is 1.27 bits per heavy atom. The zero-order valence-corrected chi connectivity index (χ0v) is 33.1. The number of hydrogen-bond acceptors (Lipinski definition) is 2. The predicted octanol–water partition coefficient (Wildman–Crippen LogP) is 8.58. The Bertz CT molecular complexity index is 673. The first-order chi connectivity index (χ1) is 18.6. The van der Waals surface area contributed by atoms with Crippen molar-refractivity contribution in [2.45, 2.75) is 85.5 Å². The third kappa shape index (κ3) is 31.8. The van der Waals surface area contributed by atoms with Crippen LogP contribution in [0.4, 0.5) is 0 Å². The summed E-state index contributed by atoms with van der Waals surface area (Å²) in [4.78, 5) is 5.08. The molecule has 2 aromatic rings. The smallest absolute Gasteiger partial charge is 0.343 e. The first-order valence-corrected chi connectivity index (χ1v) is 21.0. The topological polar surface area (TPSA) is 6.48 Å². The summed E-state index contributed by atoms with van der Waals surface area (Å²) < 4.78 is 0. The Balaban J connectivity index is -0.000000200. The number of aryl methyl sites for hydroxylation is 1. The first kappa shape index (κ1) is 47.8. The summed E-state index contributed by atoms with van der Waals surface area (Å²) in [7, 11) is 0. The Labute approximate surface area is 302 Å². The van der Waals surface area contributed by atoms with Crippen molar-refractivity contribution in [2.75, 3.05) is 39.3 Å². The number of likely N-dealkylation sites (tertiary alicyclic amines) is 2. The van der Waals surface area contributed by atoms with Crippen molar-refractivity contribution < 1.29 is 18.9 Å². The van der Waals surface area contributed by atoms with Crippen LogP contribution in [0.3, 0.4) is 0 Å². The van der Waals surface area contributed by atoms with Crippen molar-refractivity contribution in [3.8, 4) is 0 Å². The van der Waals surface area contributed by atoms with Gasteiger partial charge in [0.05, 0.1) is 0 Å². The van der Waals surface area contributed by atoms with Crippen molar-refractivity contribution in [1.82, 2.24) is 9.80 Å². The number of unbranched alkanes of at least 4 members (excludes halogenated alkanes) is 1. The summed E-state index contributed by atoms with van der Waals surface area (Å²) in [6.45, 7) is 24.1. The van der Waals surface area contributed by atoms with E-state index in [0.29, 0.717) is 0 Å². The summed E-state index contributed by atoms with van der Waals surface area (Å²) >= 11 is 4.24. The molecule has 0 spiro atoms. The molecule has 0 aromatic heterocycles. The van der Waals surface area contributed by atoms with E-state index in [9.17, 15) is 0 Å². The molecule has 0 aliphatic carbocycles. The van der Waals surface area contributed by atoms with Gasteiger partial charge in [-0.1, -0.05) is 107 Å². The van der Waals surface area contributed by atoms with E-state index in [4.69, 9.17) is 0 Å². The Kier molecular flexibility index (Phi) is 47.7. The second kappa shape index (κ2) is 39.9. The molecule has 4 rings (SSSR count). The van der Waals surface area contributed by atoms with Crippen molar-refractivity contribution in [3.63, 3.8) is 0 Å². The zero-order chi connectivity index (χ0) is 28.7. The van der Waals surface area contributed by atoms with Crippen molar-refractivity contribution >= 4 is 67.3 Å². The largest absolute Gasteiger partial charge is 1.00 e. The molecule has 0 saturated carbocycles. The van der Waals surface area contributed by atoms with Gasteiger partial charge in [-0.3, -0.25) is 0 Å². The van der Waals surface area contributed by atoms with Crippen LogP contribution in [0.15, 0.2) is 67.2 Å². The molecule has 2 fully saturated rings. The summed E-state index contributed by atoms with van der Waals surface area (Å²) in [5.74, 6) is 0. The summed E-state index contributed by atoms with van der Waals surface area (Å²) in [6.07, 6.45) is 13.6. The fourth-order valence-corrected chi connectivity index (χ4v) is 3.95. The second-order valence-electron chi connectivity index (χ2n) is 9.41. The van der Waals surface area contributed by atoms with Crippen LogP contribution >= 0.6 is 61.2 Å². The monoisotopic (exact) mass is 882 g/mol. The van der Waals surface area contributed by atoms with E-state index in [1.165, 1.54) is 95.3 Å². The molecule has 2 heterocycles. The molecule has 0 amide bonds. The molecule has 0 atom stereocenters. The SMILES string of the molecule is C=Cc1ccccc1.CCCN1CCCC1.CCCN1CCCC1.CCc1ccccc1.I.II.[CH2-]CCC.[Li+]. The number of benzene rings is 2. The van der Waals surface area contributed by atoms with Gasteiger partial charge in [-0.25, -0.2) is 0 Å². The second-order valence-corrected chi connectivity index (χ2v) is 9.41. The maximum Gasteiger partial charge on any atom is 1.00 e. The van der Waals surface area contributed by atoms with Crippen LogP contribution in [-0.4, -0.2) is 49.1 Å². The fraction of sp³-hybridized carbons (Fsp3) is 0.559. The molecule has 6 heteroatoms. The number of rotatable bonds is 7. The van der Waals surface area contributed by atoms with Gasteiger partial charge in [0, 0.05) is 37.2 Å². The number of nitrogens with zero attached hydrogens (tertiary/aromatic N) is 2. The Hall–Kier alpha value is 0.887. The molecule has 2 aliphatic rings. The molecule has 2 nitrogen and oxygen atoms in total. The van der Waals surface area contributed by atoms with Crippen LogP contribution in [0.5, 0.6) is 0 Å². The summed E-state index contributed by atoms with van der Waals surface area (Å²) in [5, 5.41) is 0. The summed E-state index contributed by atoms with van der Waals surface area (Å²) in [6, 6.07) is 20.5. The first-order valence-electron chi connectivity index (χ1n) is 14.7. The maximum absolute atomic E-state index is 3.63. The van der Waals surface area contributed by atoms with Gasteiger partial charge in [0.1, 0.15) is 0 Å².